The van der Waals surface area contributed by atoms with E-state index in [4.69, 9.17) is 9.47 Å². The maximum Gasteiger partial charge on any atom is 0.330 e. The Morgan fingerprint density at radius 2 is 1.89 bits per heavy atom. The van der Waals surface area contributed by atoms with Crippen LogP contribution in [0, 0.1) is 0 Å². The highest BCUT2D eigenvalue weighted by molar-refractivity contribution is 5.88. The second-order valence-electron chi connectivity index (χ2n) is 5.78. The van der Waals surface area contributed by atoms with Crippen molar-refractivity contribution in [1.29, 1.82) is 0 Å². The minimum atomic E-state index is -0.455. The van der Waals surface area contributed by atoms with E-state index >= 15 is 0 Å². The van der Waals surface area contributed by atoms with Crippen molar-refractivity contribution in [3.63, 3.8) is 0 Å². The number of esters is 2. The topological polar surface area (TPSA) is 77.6 Å². The van der Waals surface area contributed by atoms with Crippen LogP contribution in [-0.2, 0) is 20.7 Å². The van der Waals surface area contributed by atoms with Crippen LogP contribution in [0.15, 0.2) is 54.7 Å². The van der Waals surface area contributed by atoms with E-state index in [0.717, 1.165) is 16.5 Å². The Kier molecular flexibility index (Phi) is 5.56. The standard InChI is InChI=1S/C21H19NO5/c1-25-19-11-14(8-10-20(23)26-2)7-9-18(19)27-21(24)12-15-13-22-17-6-4-3-5-16(15)17/h3-11,13,22H,12H2,1-2H3/b10-8+. The van der Waals surface area contributed by atoms with E-state index in [2.05, 4.69) is 9.72 Å². The van der Waals surface area contributed by atoms with Crippen LogP contribution in [0.5, 0.6) is 11.5 Å². The van der Waals surface area contributed by atoms with Gasteiger partial charge in [-0.2, -0.15) is 0 Å². The van der Waals surface area contributed by atoms with Crippen LogP contribution in [0.25, 0.3) is 17.0 Å². The van der Waals surface area contributed by atoms with Crippen molar-refractivity contribution in [3.05, 3.63) is 65.9 Å². The lowest BCUT2D eigenvalue weighted by Crippen LogP contribution is -2.11. The van der Waals surface area contributed by atoms with E-state index in [9.17, 15) is 9.59 Å². The number of H-pyrrole nitrogens is 1. The largest absolute Gasteiger partial charge is 0.493 e. The number of carbonyl (C=O) groups is 2. The monoisotopic (exact) mass is 365 g/mol. The number of carbonyl (C=O) groups excluding carboxylic acids is 2. The van der Waals surface area contributed by atoms with Crippen LogP contribution in [0.4, 0.5) is 0 Å². The zero-order valence-corrected chi connectivity index (χ0v) is 15.0. The average molecular weight is 365 g/mol. The molecule has 0 aliphatic rings. The average Bonchev–Trinajstić information content (AvgIpc) is 3.09. The number of nitrogens with one attached hydrogen (secondary N) is 1. The molecule has 1 heterocycles. The van der Waals surface area contributed by atoms with Gasteiger partial charge >= 0.3 is 11.9 Å². The third-order valence-electron chi connectivity index (χ3n) is 4.03. The third-order valence-corrected chi connectivity index (χ3v) is 4.03. The molecule has 0 bridgehead atoms. The highest BCUT2D eigenvalue weighted by Gasteiger charge is 2.13. The van der Waals surface area contributed by atoms with E-state index in [1.807, 2.05) is 30.5 Å². The summed E-state index contributed by atoms with van der Waals surface area (Å²) in [4.78, 5) is 26.7. The second kappa shape index (κ2) is 8.23. The Bertz CT molecular complexity index is 1000. The van der Waals surface area contributed by atoms with Crippen molar-refractivity contribution in [3.8, 4) is 11.5 Å². The number of methoxy groups -OCH3 is 2. The van der Waals surface area contributed by atoms with Crippen LogP contribution in [0.3, 0.4) is 0 Å². The van der Waals surface area contributed by atoms with Gasteiger partial charge in [-0.15, -0.1) is 0 Å². The summed E-state index contributed by atoms with van der Waals surface area (Å²) in [5, 5.41) is 0.990. The number of rotatable bonds is 6. The zero-order chi connectivity index (χ0) is 19.2. The van der Waals surface area contributed by atoms with Crippen molar-refractivity contribution >= 4 is 28.9 Å². The highest BCUT2D eigenvalue weighted by atomic mass is 16.6. The lowest BCUT2D eigenvalue weighted by molar-refractivity contribution is -0.135. The van der Waals surface area contributed by atoms with Crippen LogP contribution in [0.2, 0.25) is 0 Å². The van der Waals surface area contributed by atoms with Crippen LogP contribution in [0.1, 0.15) is 11.1 Å². The fourth-order valence-electron chi connectivity index (χ4n) is 2.70. The predicted molar refractivity (Wildman–Crippen MR) is 102 cm³/mol. The van der Waals surface area contributed by atoms with Crippen LogP contribution >= 0.6 is 0 Å². The number of fused-ring (bicyclic) bond motifs is 1. The minimum absolute atomic E-state index is 0.136. The molecule has 0 unspecified atom stereocenters. The molecule has 6 heteroatoms. The minimum Gasteiger partial charge on any atom is -0.493 e. The van der Waals surface area contributed by atoms with Gasteiger partial charge in [-0.25, -0.2) is 4.79 Å². The number of aromatic nitrogens is 1. The van der Waals surface area contributed by atoms with Crippen molar-refractivity contribution < 1.29 is 23.8 Å². The van der Waals surface area contributed by atoms with Gasteiger partial charge in [0.15, 0.2) is 11.5 Å². The van der Waals surface area contributed by atoms with E-state index in [1.165, 1.54) is 20.3 Å². The predicted octanol–water partition coefficient (Wildman–Crippen LogP) is 3.51. The third kappa shape index (κ3) is 4.36. The number of benzene rings is 2. The number of hydrogen-bond acceptors (Lipinski definition) is 5. The molecule has 0 saturated carbocycles. The molecule has 1 aromatic heterocycles. The molecule has 3 rings (SSSR count). The molecule has 0 amide bonds. The van der Waals surface area contributed by atoms with Gasteiger partial charge in [-0.3, -0.25) is 4.79 Å². The summed E-state index contributed by atoms with van der Waals surface area (Å²) < 4.78 is 15.3. The van der Waals surface area contributed by atoms with Crippen molar-refractivity contribution in [2.75, 3.05) is 14.2 Å². The number of ether oxygens (including phenoxy) is 3. The van der Waals surface area contributed by atoms with Gasteiger partial charge in [0.1, 0.15) is 0 Å². The normalized spacial score (nSPS) is 10.9. The Labute approximate surface area is 156 Å². The van der Waals surface area contributed by atoms with Gasteiger partial charge in [-0.05, 0) is 35.4 Å². The Morgan fingerprint density at radius 3 is 2.67 bits per heavy atom. The lowest BCUT2D eigenvalue weighted by Gasteiger charge is -2.10. The molecular formula is C21H19NO5. The Morgan fingerprint density at radius 1 is 1.07 bits per heavy atom. The van der Waals surface area contributed by atoms with E-state index in [0.29, 0.717) is 17.1 Å². The second-order valence-corrected chi connectivity index (χ2v) is 5.78. The summed E-state index contributed by atoms with van der Waals surface area (Å²) in [6.07, 6.45) is 4.84. The molecule has 0 radical (unpaired) electrons. The molecule has 0 aliphatic carbocycles. The summed E-state index contributed by atoms with van der Waals surface area (Å²) in [5.41, 5.74) is 2.56. The Balaban J connectivity index is 1.73. The zero-order valence-electron chi connectivity index (χ0n) is 15.0. The first-order chi connectivity index (χ1) is 13.1. The fourth-order valence-corrected chi connectivity index (χ4v) is 2.70. The molecular weight excluding hydrogens is 346 g/mol. The van der Waals surface area contributed by atoms with E-state index in [-0.39, 0.29) is 6.42 Å². The van der Waals surface area contributed by atoms with Crippen LogP contribution in [-0.4, -0.2) is 31.1 Å². The molecule has 0 aliphatic heterocycles. The number of aromatic amines is 1. The summed E-state index contributed by atoms with van der Waals surface area (Å²) >= 11 is 0. The molecule has 1 N–H and O–H groups in total. The lowest BCUT2D eigenvalue weighted by atomic mass is 10.1. The fraction of sp³-hybridized carbons (Fsp3) is 0.143. The maximum absolute atomic E-state index is 12.4. The van der Waals surface area contributed by atoms with E-state index in [1.54, 1.807) is 24.3 Å². The molecule has 138 valence electrons. The van der Waals surface area contributed by atoms with Crippen molar-refractivity contribution in [1.82, 2.24) is 4.98 Å². The van der Waals surface area contributed by atoms with Gasteiger partial charge in [0.05, 0.1) is 20.6 Å². The molecule has 6 nitrogen and oxygen atoms in total. The smallest absolute Gasteiger partial charge is 0.330 e. The quantitative estimate of drug-likeness (QED) is 0.411. The molecule has 0 spiro atoms. The van der Waals surface area contributed by atoms with Crippen molar-refractivity contribution in [2.24, 2.45) is 0 Å². The van der Waals surface area contributed by atoms with Crippen LogP contribution < -0.4 is 9.47 Å². The first kappa shape index (κ1) is 18.3. The first-order valence-electron chi connectivity index (χ1n) is 8.30. The van der Waals surface area contributed by atoms with Gasteiger partial charge in [0.2, 0.25) is 0 Å². The first-order valence-corrected chi connectivity index (χ1v) is 8.30. The SMILES string of the molecule is COC(=O)/C=C/c1ccc(OC(=O)Cc2c[nH]c3ccccc23)c(OC)c1. The molecule has 0 atom stereocenters. The number of para-hydroxylation sites is 1. The summed E-state index contributed by atoms with van der Waals surface area (Å²) in [6, 6.07) is 12.8. The van der Waals surface area contributed by atoms with Crippen molar-refractivity contribution in [2.45, 2.75) is 6.42 Å². The molecule has 3 aromatic rings. The summed E-state index contributed by atoms with van der Waals surface area (Å²) in [7, 11) is 2.80. The molecule has 0 fully saturated rings. The molecule has 2 aromatic carbocycles. The van der Waals surface area contributed by atoms with Gasteiger partial charge < -0.3 is 19.2 Å². The number of hydrogen-bond donors (Lipinski definition) is 1. The van der Waals surface area contributed by atoms with Gasteiger partial charge in [0, 0.05) is 23.2 Å². The molecule has 27 heavy (non-hydrogen) atoms. The summed E-state index contributed by atoms with van der Waals surface area (Å²) in [5.74, 6) is -0.133. The van der Waals surface area contributed by atoms with E-state index < -0.39 is 11.9 Å². The Hall–Kier alpha value is -3.54. The highest BCUT2D eigenvalue weighted by Crippen LogP contribution is 2.29. The molecule has 0 saturated heterocycles. The maximum atomic E-state index is 12.4. The van der Waals surface area contributed by atoms with Gasteiger partial charge in [-0.1, -0.05) is 24.3 Å². The van der Waals surface area contributed by atoms with Gasteiger partial charge in [0.25, 0.3) is 0 Å². The summed E-state index contributed by atoms with van der Waals surface area (Å²) in [6.45, 7) is 0.